The van der Waals surface area contributed by atoms with E-state index in [4.69, 9.17) is 0 Å². The van der Waals surface area contributed by atoms with Gasteiger partial charge in [-0.3, -0.25) is 0 Å². The molecule has 0 aliphatic carbocycles. The van der Waals surface area contributed by atoms with E-state index in [1.807, 2.05) is 0 Å². The SMILES string of the molecule is CN1Cc2[c-]c(cc(-c3ccccc3)c2)-c2ccccc2N(C)Cc2[c-]c(cc(-c3ccccc3)c2)-c2ccccc21.[Pt+4]. The molecule has 0 spiro atoms. The summed E-state index contributed by atoms with van der Waals surface area (Å²) in [5.74, 6) is 0. The van der Waals surface area contributed by atoms with Gasteiger partial charge >= 0.3 is 21.1 Å². The molecule has 7 rings (SSSR count). The Balaban J connectivity index is 0.00000329. The number of anilines is 2. The van der Waals surface area contributed by atoms with Crippen molar-refractivity contribution in [2.24, 2.45) is 0 Å². The minimum absolute atomic E-state index is 0. The van der Waals surface area contributed by atoms with E-state index >= 15 is 0 Å². The van der Waals surface area contributed by atoms with Gasteiger partial charge in [-0.25, -0.2) is 0 Å². The molecule has 0 saturated heterocycles. The van der Waals surface area contributed by atoms with Crippen molar-refractivity contribution in [2.45, 2.75) is 13.1 Å². The molecule has 2 nitrogen and oxygen atoms in total. The smallest absolute Gasteiger partial charge is 0.379 e. The zero-order valence-electron chi connectivity index (χ0n) is 24.3. The molecule has 4 bridgehead atoms. The number of nitrogens with zero attached hydrogens (tertiary/aromatic N) is 2. The van der Waals surface area contributed by atoms with Gasteiger partial charge in [0.25, 0.3) is 0 Å². The molecule has 0 atom stereocenters. The van der Waals surface area contributed by atoms with Gasteiger partial charge in [-0.2, -0.15) is 0 Å². The maximum atomic E-state index is 3.81. The fourth-order valence-electron chi connectivity index (χ4n) is 6.06. The van der Waals surface area contributed by atoms with Crippen molar-refractivity contribution < 1.29 is 21.1 Å². The minimum atomic E-state index is 0. The number of benzene rings is 6. The largest absolute Gasteiger partial charge is 4.00 e. The van der Waals surface area contributed by atoms with Crippen LogP contribution in [-0.2, 0) is 34.2 Å². The monoisotopic (exact) mass is 735 g/mol. The molecule has 6 aromatic rings. The summed E-state index contributed by atoms with van der Waals surface area (Å²) in [6, 6.07) is 55.4. The van der Waals surface area contributed by atoms with Crippen LogP contribution >= 0.6 is 0 Å². The Kier molecular flexibility index (Phi) is 8.32. The van der Waals surface area contributed by atoms with Crippen LogP contribution in [0.25, 0.3) is 44.5 Å². The Morgan fingerprint density at radius 2 is 0.814 bits per heavy atom. The fourth-order valence-corrected chi connectivity index (χ4v) is 6.06. The van der Waals surface area contributed by atoms with Crippen LogP contribution in [0.1, 0.15) is 11.1 Å². The topological polar surface area (TPSA) is 6.48 Å². The second-order valence-electron chi connectivity index (χ2n) is 11.1. The average molecular weight is 736 g/mol. The maximum absolute atomic E-state index is 3.81. The van der Waals surface area contributed by atoms with Crippen LogP contribution in [0, 0.1) is 12.1 Å². The van der Waals surface area contributed by atoms with Crippen molar-refractivity contribution in [2.75, 3.05) is 23.9 Å². The number of rotatable bonds is 2. The van der Waals surface area contributed by atoms with Crippen molar-refractivity contribution >= 4 is 11.4 Å². The normalized spacial score (nSPS) is 12.4. The summed E-state index contributed by atoms with van der Waals surface area (Å²) in [6.45, 7) is 1.46. The van der Waals surface area contributed by atoms with Crippen LogP contribution in [0.2, 0.25) is 0 Å². The van der Waals surface area contributed by atoms with Crippen LogP contribution in [0.15, 0.2) is 133 Å². The summed E-state index contributed by atoms with van der Waals surface area (Å²) in [6.07, 6.45) is 0. The average Bonchev–Trinajstić information content (AvgIpc) is 3.05. The van der Waals surface area contributed by atoms with E-state index in [2.05, 4.69) is 169 Å². The predicted molar refractivity (Wildman–Crippen MR) is 177 cm³/mol. The van der Waals surface area contributed by atoms with Crippen molar-refractivity contribution in [1.82, 2.24) is 0 Å². The van der Waals surface area contributed by atoms with Crippen LogP contribution < -0.4 is 9.80 Å². The van der Waals surface area contributed by atoms with Crippen LogP contribution in [0.4, 0.5) is 11.4 Å². The third-order valence-corrected chi connectivity index (χ3v) is 8.09. The Morgan fingerprint density at radius 3 is 1.23 bits per heavy atom. The minimum Gasteiger partial charge on any atom is -0.379 e. The summed E-state index contributed by atoms with van der Waals surface area (Å²) < 4.78 is 0. The Morgan fingerprint density at radius 1 is 0.442 bits per heavy atom. The Bertz CT molecular complexity index is 1730. The third-order valence-electron chi connectivity index (χ3n) is 8.09. The quantitative estimate of drug-likeness (QED) is 0.164. The van der Waals surface area contributed by atoms with E-state index in [1.54, 1.807) is 0 Å². The molecule has 0 aromatic heterocycles. The standard InChI is InChI=1S/C40H32N2.Pt/c1-41-27-29-21-33(31-13-5-3-6-14-31)26-36(23-29)38-18-10-12-20-40(38)42(2)28-30-22-34(32-15-7-4-8-16-32)25-35(24-30)37-17-9-11-19-39(37)41;/h3-22,25-26H,27-28H2,1-2H3;/q-2;+4. The van der Waals surface area contributed by atoms with Gasteiger partial charge in [0.1, 0.15) is 0 Å². The Hall–Kier alpha value is -4.39. The molecule has 1 heterocycles. The first kappa shape index (κ1) is 28.7. The third kappa shape index (κ3) is 5.94. The molecule has 0 unspecified atom stereocenters. The molecule has 0 amide bonds. The second-order valence-corrected chi connectivity index (χ2v) is 11.1. The van der Waals surface area contributed by atoms with Crippen molar-refractivity contribution in [3.63, 3.8) is 0 Å². The summed E-state index contributed by atoms with van der Waals surface area (Å²) >= 11 is 0. The van der Waals surface area contributed by atoms with Crippen molar-refractivity contribution in [1.29, 1.82) is 0 Å². The van der Waals surface area contributed by atoms with Crippen LogP contribution in [0.5, 0.6) is 0 Å². The molecular weight excluding hydrogens is 704 g/mol. The van der Waals surface area contributed by atoms with Crippen molar-refractivity contribution in [3.05, 3.63) is 157 Å². The van der Waals surface area contributed by atoms with Crippen LogP contribution in [-0.4, -0.2) is 14.1 Å². The van der Waals surface area contributed by atoms with E-state index in [0.717, 1.165) is 35.3 Å². The summed E-state index contributed by atoms with van der Waals surface area (Å²) in [5, 5.41) is 0. The van der Waals surface area contributed by atoms with E-state index in [-0.39, 0.29) is 21.1 Å². The molecule has 43 heavy (non-hydrogen) atoms. The molecule has 0 N–H and O–H groups in total. The molecule has 210 valence electrons. The van der Waals surface area contributed by atoms with E-state index in [0.29, 0.717) is 0 Å². The molecule has 0 radical (unpaired) electrons. The predicted octanol–water partition coefficient (Wildman–Crippen LogP) is 9.54. The molecule has 0 fully saturated rings. The van der Waals surface area contributed by atoms with Gasteiger partial charge in [0.2, 0.25) is 0 Å². The summed E-state index contributed by atoms with van der Waals surface area (Å²) in [5.41, 5.74) is 14.1. The van der Waals surface area contributed by atoms with E-state index < -0.39 is 0 Å². The molecule has 3 heteroatoms. The first-order valence-electron chi connectivity index (χ1n) is 14.5. The Labute approximate surface area is 269 Å². The first-order valence-corrected chi connectivity index (χ1v) is 14.5. The van der Waals surface area contributed by atoms with Gasteiger partial charge in [-0.1, -0.05) is 108 Å². The van der Waals surface area contributed by atoms with Crippen molar-refractivity contribution in [3.8, 4) is 44.5 Å². The zero-order valence-corrected chi connectivity index (χ0v) is 26.6. The van der Waals surface area contributed by atoms with Crippen LogP contribution in [0.3, 0.4) is 0 Å². The molecule has 6 aromatic carbocycles. The second kappa shape index (κ2) is 12.5. The molecule has 1 aliphatic heterocycles. The van der Waals surface area contributed by atoms with Gasteiger partial charge in [-0.05, 0) is 23.3 Å². The van der Waals surface area contributed by atoms with E-state index in [9.17, 15) is 0 Å². The maximum Gasteiger partial charge on any atom is 4.00 e. The molecule has 0 saturated carbocycles. The summed E-state index contributed by atoms with van der Waals surface area (Å²) in [4.78, 5) is 4.68. The number of para-hydroxylation sites is 2. The molecule has 1 aliphatic rings. The van der Waals surface area contributed by atoms with Gasteiger partial charge in [0.05, 0.1) is 0 Å². The summed E-state index contributed by atoms with van der Waals surface area (Å²) in [7, 11) is 4.36. The number of hydrogen-bond acceptors (Lipinski definition) is 2. The van der Waals surface area contributed by atoms with Gasteiger partial charge in [0, 0.05) is 38.6 Å². The molecular formula is C40H32N2Pt+2. The van der Waals surface area contributed by atoms with E-state index in [1.165, 1.54) is 44.8 Å². The zero-order chi connectivity index (χ0) is 28.5. The fraction of sp³-hybridized carbons (Fsp3) is 0.100. The van der Waals surface area contributed by atoms with Gasteiger partial charge in [-0.15, -0.1) is 69.8 Å². The number of fused-ring (bicyclic) bond motifs is 8. The van der Waals surface area contributed by atoms with Gasteiger partial charge in [0.15, 0.2) is 0 Å². The number of hydrogen-bond donors (Lipinski definition) is 0. The first-order chi connectivity index (χ1) is 20.6. The van der Waals surface area contributed by atoms with Gasteiger partial charge < -0.3 is 9.80 Å².